The van der Waals surface area contributed by atoms with E-state index < -0.39 is 0 Å². The van der Waals surface area contributed by atoms with Gasteiger partial charge in [-0.3, -0.25) is 0 Å². The zero-order valence-electron chi connectivity index (χ0n) is 16.2. The lowest BCUT2D eigenvalue weighted by Gasteiger charge is -2.07. The van der Waals surface area contributed by atoms with Gasteiger partial charge in [-0.2, -0.15) is 4.98 Å². The average molecular weight is 409 g/mol. The maximum atomic E-state index is 5.41. The number of thioether (sulfide) groups is 1. The van der Waals surface area contributed by atoms with Crippen LogP contribution in [-0.2, 0) is 12.8 Å². The van der Waals surface area contributed by atoms with Crippen LogP contribution in [0.1, 0.15) is 5.89 Å². The number of rotatable bonds is 7. The molecule has 4 rings (SSSR count). The quantitative estimate of drug-likeness (QED) is 0.426. The fourth-order valence-corrected chi connectivity index (χ4v) is 3.57. The van der Waals surface area contributed by atoms with Crippen LogP contribution in [0.15, 0.2) is 58.2 Å². The highest BCUT2D eigenvalue weighted by atomic mass is 32.2. The first-order chi connectivity index (χ1) is 14.2. The van der Waals surface area contributed by atoms with E-state index >= 15 is 0 Å². The lowest BCUT2D eigenvalue weighted by Crippen LogP contribution is -1.95. The van der Waals surface area contributed by atoms with Crippen molar-refractivity contribution in [2.75, 3.05) is 14.2 Å². The highest BCUT2D eigenvalue weighted by molar-refractivity contribution is 7.98. The molecule has 0 aliphatic heterocycles. The van der Waals surface area contributed by atoms with Crippen LogP contribution in [0.5, 0.6) is 11.5 Å². The minimum atomic E-state index is 0.444. The number of benzene rings is 2. The summed E-state index contributed by atoms with van der Waals surface area (Å²) in [5.74, 6) is 3.54. The Hall–Kier alpha value is -3.33. The first-order valence-electron chi connectivity index (χ1n) is 8.82. The van der Waals surface area contributed by atoms with Gasteiger partial charge in [-0.15, -0.1) is 10.2 Å². The number of ether oxygens (including phenoxy) is 2. The van der Waals surface area contributed by atoms with Gasteiger partial charge in [-0.05, 0) is 18.2 Å². The highest BCUT2D eigenvalue weighted by Crippen LogP contribution is 2.32. The third-order valence-electron chi connectivity index (χ3n) is 4.31. The maximum Gasteiger partial charge on any atom is 0.237 e. The van der Waals surface area contributed by atoms with Gasteiger partial charge in [0.15, 0.2) is 11.0 Å². The molecule has 8 nitrogen and oxygen atoms in total. The number of nitrogens with zero attached hydrogens (tertiary/aromatic N) is 5. The molecule has 0 atom stereocenters. The summed E-state index contributed by atoms with van der Waals surface area (Å²) in [6.45, 7) is 0. The van der Waals surface area contributed by atoms with Crippen LogP contribution in [0.3, 0.4) is 0 Å². The Labute approximate surface area is 171 Å². The van der Waals surface area contributed by atoms with E-state index in [0.29, 0.717) is 34.5 Å². The molecule has 0 aliphatic rings. The molecule has 0 saturated carbocycles. The molecule has 0 amide bonds. The van der Waals surface area contributed by atoms with Gasteiger partial charge in [0.25, 0.3) is 0 Å². The van der Waals surface area contributed by atoms with E-state index in [1.807, 2.05) is 60.1 Å². The lowest BCUT2D eigenvalue weighted by molar-refractivity contribution is 0.389. The summed E-state index contributed by atoms with van der Waals surface area (Å²) in [4.78, 5) is 4.48. The van der Waals surface area contributed by atoms with Crippen molar-refractivity contribution in [2.45, 2.75) is 10.9 Å². The van der Waals surface area contributed by atoms with Crippen molar-refractivity contribution in [1.82, 2.24) is 24.9 Å². The Balaban J connectivity index is 1.51. The second-order valence-corrected chi connectivity index (χ2v) is 7.04. The predicted molar refractivity (Wildman–Crippen MR) is 109 cm³/mol. The molecule has 0 N–H and O–H groups in total. The van der Waals surface area contributed by atoms with Crippen LogP contribution in [0.25, 0.3) is 22.8 Å². The molecule has 0 aliphatic carbocycles. The van der Waals surface area contributed by atoms with E-state index in [-0.39, 0.29) is 0 Å². The Morgan fingerprint density at radius 3 is 2.62 bits per heavy atom. The molecule has 0 fully saturated rings. The number of aromatic nitrogens is 5. The van der Waals surface area contributed by atoms with Gasteiger partial charge >= 0.3 is 0 Å². The van der Waals surface area contributed by atoms with E-state index in [9.17, 15) is 0 Å². The fraction of sp³-hybridized carbons (Fsp3) is 0.200. The van der Waals surface area contributed by atoms with Crippen molar-refractivity contribution in [3.63, 3.8) is 0 Å². The van der Waals surface area contributed by atoms with Crippen LogP contribution < -0.4 is 9.47 Å². The predicted octanol–water partition coefficient (Wildman–Crippen LogP) is 3.84. The van der Waals surface area contributed by atoms with E-state index in [4.69, 9.17) is 14.0 Å². The molecule has 29 heavy (non-hydrogen) atoms. The van der Waals surface area contributed by atoms with E-state index in [0.717, 1.165) is 16.5 Å². The average Bonchev–Trinajstić information content (AvgIpc) is 3.39. The van der Waals surface area contributed by atoms with Gasteiger partial charge in [-0.1, -0.05) is 47.3 Å². The van der Waals surface area contributed by atoms with Gasteiger partial charge in [0.1, 0.15) is 11.5 Å². The number of hydrogen-bond acceptors (Lipinski definition) is 8. The van der Waals surface area contributed by atoms with Crippen molar-refractivity contribution in [3.05, 3.63) is 54.4 Å². The molecule has 9 heteroatoms. The van der Waals surface area contributed by atoms with Gasteiger partial charge in [0, 0.05) is 12.6 Å². The Morgan fingerprint density at radius 1 is 1.03 bits per heavy atom. The van der Waals surface area contributed by atoms with Crippen LogP contribution >= 0.6 is 11.8 Å². The summed E-state index contributed by atoms with van der Waals surface area (Å²) in [7, 11) is 5.14. The van der Waals surface area contributed by atoms with E-state index in [1.54, 1.807) is 14.2 Å². The number of methoxy groups -OCH3 is 2. The Kier molecular flexibility index (Phi) is 5.48. The van der Waals surface area contributed by atoms with Crippen LogP contribution in [0.4, 0.5) is 0 Å². The standard InChI is InChI=1S/C20H19N5O3S/c1-25-19(13-7-5-4-6-8-13)22-23-20(25)29-12-17-21-18(24-28-17)15-11-14(26-2)9-10-16(15)27-3/h4-11H,12H2,1-3H3. The Morgan fingerprint density at radius 2 is 1.86 bits per heavy atom. The van der Waals surface area contributed by atoms with Crippen LogP contribution in [-0.4, -0.2) is 39.1 Å². The zero-order valence-corrected chi connectivity index (χ0v) is 17.0. The molecule has 0 saturated heterocycles. The van der Waals surface area contributed by atoms with Gasteiger partial charge in [0.2, 0.25) is 11.7 Å². The van der Waals surface area contributed by atoms with E-state index in [1.165, 1.54) is 11.8 Å². The summed E-state index contributed by atoms with van der Waals surface area (Å²) >= 11 is 1.48. The smallest absolute Gasteiger partial charge is 0.237 e. The third-order valence-corrected chi connectivity index (χ3v) is 5.31. The molecular formula is C20H19N5O3S. The topological polar surface area (TPSA) is 88.1 Å². The Bertz CT molecular complexity index is 1110. The minimum absolute atomic E-state index is 0.444. The third kappa shape index (κ3) is 3.95. The molecule has 0 bridgehead atoms. The van der Waals surface area contributed by atoms with Crippen molar-refractivity contribution >= 4 is 11.8 Å². The van der Waals surface area contributed by atoms with Gasteiger partial charge in [0.05, 0.1) is 25.5 Å². The highest BCUT2D eigenvalue weighted by Gasteiger charge is 2.16. The minimum Gasteiger partial charge on any atom is -0.497 e. The molecule has 4 aromatic rings. The SMILES string of the molecule is COc1ccc(OC)c(-c2noc(CSc3nnc(-c4ccccc4)n3C)n2)c1. The number of hydrogen-bond donors (Lipinski definition) is 0. The molecule has 0 unspecified atom stereocenters. The normalized spacial score (nSPS) is 10.9. The molecule has 0 radical (unpaired) electrons. The molecule has 2 aromatic heterocycles. The molecule has 148 valence electrons. The summed E-state index contributed by atoms with van der Waals surface area (Å²) in [5.41, 5.74) is 1.72. The monoisotopic (exact) mass is 409 g/mol. The molecular weight excluding hydrogens is 390 g/mol. The summed E-state index contributed by atoms with van der Waals surface area (Å²) < 4.78 is 18.0. The van der Waals surface area contributed by atoms with Gasteiger partial charge < -0.3 is 18.6 Å². The largest absolute Gasteiger partial charge is 0.497 e. The molecule has 0 spiro atoms. The molecule has 2 heterocycles. The lowest BCUT2D eigenvalue weighted by atomic mass is 10.2. The zero-order chi connectivity index (χ0) is 20.2. The molecule has 2 aromatic carbocycles. The van der Waals surface area contributed by atoms with Crippen LogP contribution in [0.2, 0.25) is 0 Å². The van der Waals surface area contributed by atoms with Crippen molar-refractivity contribution in [2.24, 2.45) is 7.05 Å². The fourth-order valence-electron chi connectivity index (χ4n) is 2.82. The second-order valence-electron chi connectivity index (χ2n) is 6.10. The summed E-state index contributed by atoms with van der Waals surface area (Å²) in [6.07, 6.45) is 0. The van der Waals surface area contributed by atoms with Crippen LogP contribution in [0, 0.1) is 0 Å². The maximum absolute atomic E-state index is 5.41. The van der Waals surface area contributed by atoms with Crippen molar-refractivity contribution in [1.29, 1.82) is 0 Å². The van der Waals surface area contributed by atoms with Crippen molar-refractivity contribution in [3.8, 4) is 34.3 Å². The summed E-state index contributed by atoms with van der Waals surface area (Å²) in [6, 6.07) is 15.4. The van der Waals surface area contributed by atoms with E-state index in [2.05, 4.69) is 20.3 Å². The first-order valence-corrected chi connectivity index (χ1v) is 9.80. The van der Waals surface area contributed by atoms with Gasteiger partial charge in [-0.25, -0.2) is 0 Å². The van der Waals surface area contributed by atoms with Crippen molar-refractivity contribution < 1.29 is 14.0 Å². The first kappa shape index (κ1) is 19.0. The second kappa shape index (κ2) is 8.36. The summed E-state index contributed by atoms with van der Waals surface area (Å²) in [5, 5.41) is 13.4.